The SMILES string of the molecule is CCCCCCCCCCCCCCCCCC(=O)[O-].[Ca+2].[O-]Cl. The van der Waals surface area contributed by atoms with Gasteiger partial charge in [0.05, 0.1) is 0 Å². The van der Waals surface area contributed by atoms with Gasteiger partial charge in [-0.3, -0.25) is 0 Å². The van der Waals surface area contributed by atoms with Crippen molar-refractivity contribution in [3.8, 4) is 0 Å². The molecule has 0 aromatic rings. The molecule has 0 unspecified atom stereocenters. The van der Waals surface area contributed by atoms with Crippen molar-refractivity contribution in [3.63, 3.8) is 0 Å². The molecule has 0 spiro atoms. The predicted molar refractivity (Wildman–Crippen MR) is 96.2 cm³/mol. The Bertz CT molecular complexity index is 216. The third-order valence-corrected chi connectivity index (χ3v) is 3.98. The molecule has 3 nitrogen and oxygen atoms in total. The van der Waals surface area contributed by atoms with Gasteiger partial charge < -0.3 is 14.6 Å². The minimum Gasteiger partial charge on any atom is -0.769 e. The van der Waals surface area contributed by atoms with Gasteiger partial charge in [-0.05, 0) is 12.8 Å². The molecule has 0 fully saturated rings. The standard InChI is InChI=1S/C18H36O2.Ca.ClO/c1-2-3-4-5-6-7-8-9-10-11-12-13-14-15-16-17-18(19)20;;1-2/h2-17H2,1H3,(H,19,20);;/q;+2;-1/p-1. The molecular weight excluding hydrogens is 340 g/mol. The number of carbonyl (C=O) groups excluding carboxylic acids is 1. The summed E-state index contributed by atoms with van der Waals surface area (Å²) in [5.41, 5.74) is 0. The van der Waals surface area contributed by atoms with Crippen molar-refractivity contribution < 1.29 is 14.6 Å². The fourth-order valence-corrected chi connectivity index (χ4v) is 2.64. The number of aliphatic carboxylic acids is 1. The summed E-state index contributed by atoms with van der Waals surface area (Å²) < 4.78 is 7.72. The fourth-order valence-electron chi connectivity index (χ4n) is 2.64. The van der Waals surface area contributed by atoms with Crippen molar-refractivity contribution >= 4 is 55.6 Å². The molecule has 0 aromatic carbocycles. The Hall–Kier alpha value is 0.980. The van der Waals surface area contributed by atoms with Crippen molar-refractivity contribution in [1.29, 1.82) is 0 Å². The first kappa shape index (κ1) is 28.8. The van der Waals surface area contributed by atoms with Crippen LogP contribution in [0.2, 0.25) is 0 Å². The second-order valence-electron chi connectivity index (χ2n) is 6.07. The Morgan fingerprint density at radius 2 is 0.913 bits per heavy atom. The van der Waals surface area contributed by atoms with E-state index < -0.39 is 5.97 Å². The van der Waals surface area contributed by atoms with Gasteiger partial charge >= 0.3 is 37.7 Å². The van der Waals surface area contributed by atoms with Crippen molar-refractivity contribution in [1.82, 2.24) is 0 Å². The molecule has 0 rings (SSSR count). The van der Waals surface area contributed by atoms with E-state index in [9.17, 15) is 9.90 Å². The average Bonchev–Trinajstić information content (AvgIpc) is 2.53. The fraction of sp³-hybridized carbons (Fsp3) is 0.944. The normalized spacial score (nSPS) is 9.70. The molecule has 0 aliphatic carbocycles. The summed E-state index contributed by atoms with van der Waals surface area (Å²) in [6, 6.07) is 0. The summed E-state index contributed by atoms with van der Waals surface area (Å²) in [6.07, 6.45) is 19.9. The summed E-state index contributed by atoms with van der Waals surface area (Å²) in [7, 11) is 0. The van der Waals surface area contributed by atoms with Crippen LogP contribution in [-0.2, 0) is 4.79 Å². The van der Waals surface area contributed by atoms with Gasteiger partial charge in [-0.1, -0.05) is 96.8 Å². The van der Waals surface area contributed by atoms with E-state index in [4.69, 9.17) is 4.66 Å². The summed E-state index contributed by atoms with van der Waals surface area (Å²) in [5.74, 6) is -0.903. The third-order valence-electron chi connectivity index (χ3n) is 3.98. The first-order chi connectivity index (χ1) is 10.8. The first-order valence-corrected chi connectivity index (χ1v) is 9.43. The zero-order chi connectivity index (χ0) is 16.9. The summed E-state index contributed by atoms with van der Waals surface area (Å²) in [6.45, 7) is 2.27. The van der Waals surface area contributed by atoms with Crippen LogP contribution >= 0.6 is 11.9 Å². The summed E-state index contributed by atoms with van der Waals surface area (Å²) in [4.78, 5) is 10.2. The van der Waals surface area contributed by atoms with E-state index in [0.717, 1.165) is 12.8 Å². The van der Waals surface area contributed by atoms with Gasteiger partial charge in [0.2, 0.25) is 0 Å². The maximum Gasteiger partial charge on any atom is 2.00 e. The Labute approximate surface area is 178 Å². The second kappa shape index (κ2) is 27.8. The number of unbranched alkanes of at least 4 members (excludes halogenated alkanes) is 14. The van der Waals surface area contributed by atoms with Crippen LogP contribution in [-0.4, -0.2) is 43.7 Å². The minimum absolute atomic E-state index is 0. The maximum atomic E-state index is 10.2. The Morgan fingerprint density at radius 1 is 0.652 bits per heavy atom. The van der Waals surface area contributed by atoms with Gasteiger partial charge in [0.25, 0.3) is 0 Å². The largest absolute Gasteiger partial charge is 2.00 e. The van der Waals surface area contributed by atoms with Crippen molar-refractivity contribution in [3.05, 3.63) is 0 Å². The van der Waals surface area contributed by atoms with Crippen LogP contribution in [0.15, 0.2) is 0 Å². The number of hydrogen-bond acceptors (Lipinski definition) is 3. The average molecular weight is 375 g/mol. The van der Waals surface area contributed by atoms with Gasteiger partial charge in [0.1, 0.15) is 0 Å². The van der Waals surface area contributed by atoms with Gasteiger partial charge in [0.15, 0.2) is 0 Å². The molecule has 0 aromatic heterocycles. The van der Waals surface area contributed by atoms with Crippen LogP contribution in [0.25, 0.3) is 0 Å². The molecule has 23 heavy (non-hydrogen) atoms. The molecule has 0 bridgehead atoms. The van der Waals surface area contributed by atoms with Gasteiger partial charge in [-0.25, -0.2) is 11.9 Å². The van der Waals surface area contributed by atoms with E-state index in [1.807, 2.05) is 0 Å². The molecular formula is C18H35CaClO3. The van der Waals surface area contributed by atoms with E-state index in [-0.39, 0.29) is 44.2 Å². The molecule has 0 amide bonds. The second-order valence-corrected chi connectivity index (χ2v) is 6.07. The van der Waals surface area contributed by atoms with Gasteiger partial charge in [0, 0.05) is 5.97 Å². The van der Waals surface area contributed by atoms with E-state index in [1.165, 1.54) is 83.5 Å². The monoisotopic (exact) mass is 374 g/mol. The predicted octanol–water partition coefficient (Wildman–Crippen LogP) is 4.12. The Morgan fingerprint density at radius 3 is 1.17 bits per heavy atom. The molecule has 0 saturated carbocycles. The number of halogens is 1. The molecule has 0 saturated heterocycles. The molecule has 134 valence electrons. The zero-order valence-corrected chi connectivity index (χ0v) is 18.1. The molecule has 0 heterocycles. The third kappa shape index (κ3) is 31.3. The molecule has 0 radical (unpaired) electrons. The minimum atomic E-state index is -0.903. The van der Waals surface area contributed by atoms with E-state index in [0.29, 0.717) is 0 Å². The van der Waals surface area contributed by atoms with Crippen LogP contribution in [0.3, 0.4) is 0 Å². The molecule has 0 aliphatic rings. The number of rotatable bonds is 16. The molecule has 5 heteroatoms. The Kier molecular flexibility index (Phi) is 34.8. The molecule has 0 atom stereocenters. The van der Waals surface area contributed by atoms with Crippen molar-refractivity contribution in [2.24, 2.45) is 0 Å². The summed E-state index contributed by atoms with van der Waals surface area (Å²) in [5, 5.41) is 10.2. The topological polar surface area (TPSA) is 63.2 Å². The van der Waals surface area contributed by atoms with Crippen LogP contribution in [0.5, 0.6) is 0 Å². The molecule has 0 aliphatic heterocycles. The maximum absolute atomic E-state index is 10.2. The van der Waals surface area contributed by atoms with Crippen LogP contribution in [0.4, 0.5) is 0 Å². The quantitative estimate of drug-likeness (QED) is 0.301. The molecule has 0 N–H and O–H groups in total. The van der Waals surface area contributed by atoms with Crippen LogP contribution < -0.4 is 9.77 Å². The summed E-state index contributed by atoms with van der Waals surface area (Å²) >= 11 is 3.39. The van der Waals surface area contributed by atoms with Crippen LogP contribution in [0, 0.1) is 0 Å². The van der Waals surface area contributed by atoms with E-state index in [2.05, 4.69) is 18.8 Å². The smallest absolute Gasteiger partial charge is 0.769 e. The number of carboxylic acids is 1. The van der Waals surface area contributed by atoms with Gasteiger partial charge in [-0.15, -0.1) is 0 Å². The number of carbonyl (C=O) groups is 1. The Balaban J connectivity index is -0.00000128. The van der Waals surface area contributed by atoms with E-state index in [1.54, 1.807) is 0 Å². The number of carboxylic acid groups (broad SMARTS) is 1. The van der Waals surface area contributed by atoms with Gasteiger partial charge in [-0.2, -0.15) is 0 Å². The number of hydrogen-bond donors (Lipinski definition) is 0. The zero-order valence-electron chi connectivity index (χ0n) is 15.1. The first-order valence-electron chi connectivity index (χ1n) is 9.12. The van der Waals surface area contributed by atoms with E-state index >= 15 is 0 Å². The van der Waals surface area contributed by atoms with Crippen molar-refractivity contribution in [2.45, 2.75) is 110 Å². The van der Waals surface area contributed by atoms with Crippen LogP contribution in [0.1, 0.15) is 110 Å². The van der Waals surface area contributed by atoms with Crippen molar-refractivity contribution in [2.75, 3.05) is 0 Å².